The second kappa shape index (κ2) is 7.35. The van der Waals surface area contributed by atoms with Crippen molar-refractivity contribution in [3.63, 3.8) is 0 Å². The number of hydrogen-bond acceptors (Lipinski definition) is 6. The van der Waals surface area contributed by atoms with E-state index in [1.807, 2.05) is 30.3 Å². The standard InChI is InChI=1S/C19H18N4O3/c24-18(16-12-17(26-22-16)14-6-2-1-3-7-14)23-11-4-8-15(13-23)25-19-20-9-5-10-21-19/h1-3,5-7,9-10,12,15H,4,8,11,13H2. The second-order valence-corrected chi connectivity index (χ2v) is 6.11. The van der Waals surface area contributed by atoms with E-state index in [9.17, 15) is 4.79 Å². The molecule has 1 aliphatic heterocycles. The molecule has 0 spiro atoms. The van der Waals surface area contributed by atoms with Crippen LogP contribution in [0.4, 0.5) is 0 Å². The monoisotopic (exact) mass is 350 g/mol. The van der Waals surface area contributed by atoms with Crippen LogP contribution in [0, 0.1) is 0 Å². The molecule has 4 rings (SSSR count). The van der Waals surface area contributed by atoms with Gasteiger partial charge in [0, 0.05) is 30.6 Å². The highest BCUT2D eigenvalue weighted by molar-refractivity contribution is 5.93. The Morgan fingerprint density at radius 3 is 2.77 bits per heavy atom. The normalized spacial score (nSPS) is 17.1. The van der Waals surface area contributed by atoms with E-state index < -0.39 is 0 Å². The van der Waals surface area contributed by atoms with Gasteiger partial charge >= 0.3 is 6.01 Å². The van der Waals surface area contributed by atoms with E-state index in [1.165, 1.54) is 0 Å². The number of piperidine rings is 1. The average Bonchev–Trinajstić information content (AvgIpc) is 3.19. The molecule has 0 bridgehead atoms. The van der Waals surface area contributed by atoms with Gasteiger partial charge in [0.15, 0.2) is 11.5 Å². The van der Waals surface area contributed by atoms with Gasteiger partial charge in [-0.3, -0.25) is 4.79 Å². The molecule has 0 N–H and O–H groups in total. The summed E-state index contributed by atoms with van der Waals surface area (Å²) in [5.74, 6) is 0.426. The van der Waals surface area contributed by atoms with E-state index in [2.05, 4.69) is 15.1 Å². The third-order valence-electron chi connectivity index (χ3n) is 4.27. The van der Waals surface area contributed by atoms with E-state index >= 15 is 0 Å². The Balaban J connectivity index is 1.44. The lowest BCUT2D eigenvalue weighted by molar-refractivity contribution is 0.0507. The van der Waals surface area contributed by atoms with E-state index in [1.54, 1.807) is 29.4 Å². The molecule has 7 heteroatoms. The van der Waals surface area contributed by atoms with E-state index in [0.29, 0.717) is 30.6 Å². The van der Waals surface area contributed by atoms with Gasteiger partial charge in [0.2, 0.25) is 0 Å². The molecule has 3 aromatic rings. The number of amides is 1. The van der Waals surface area contributed by atoms with Gasteiger partial charge in [0.25, 0.3) is 5.91 Å². The SMILES string of the molecule is O=C(c1cc(-c2ccccc2)on1)N1CCCC(Oc2ncccn2)C1. The van der Waals surface area contributed by atoms with Crippen molar-refractivity contribution < 1.29 is 14.1 Å². The van der Waals surface area contributed by atoms with Crippen LogP contribution in [0.3, 0.4) is 0 Å². The fourth-order valence-corrected chi connectivity index (χ4v) is 2.99. The Hall–Kier alpha value is -3.22. The van der Waals surface area contributed by atoms with Crippen LogP contribution in [0.2, 0.25) is 0 Å². The molecule has 2 aromatic heterocycles. The Morgan fingerprint density at radius 2 is 1.96 bits per heavy atom. The minimum atomic E-state index is -0.154. The van der Waals surface area contributed by atoms with Gasteiger partial charge < -0.3 is 14.2 Å². The first-order valence-corrected chi connectivity index (χ1v) is 8.55. The second-order valence-electron chi connectivity index (χ2n) is 6.11. The lowest BCUT2D eigenvalue weighted by Gasteiger charge is -2.31. The van der Waals surface area contributed by atoms with Gasteiger partial charge in [-0.2, -0.15) is 0 Å². The number of nitrogens with zero attached hydrogens (tertiary/aromatic N) is 4. The van der Waals surface area contributed by atoms with Crippen LogP contribution >= 0.6 is 0 Å². The number of aromatic nitrogens is 3. The van der Waals surface area contributed by atoms with Crippen LogP contribution in [0.25, 0.3) is 11.3 Å². The number of carbonyl (C=O) groups excluding carboxylic acids is 1. The molecule has 1 atom stereocenters. The molecule has 1 aliphatic rings. The Kier molecular flexibility index (Phi) is 4.59. The molecule has 1 unspecified atom stereocenters. The molecule has 1 fully saturated rings. The Labute approximate surface area is 150 Å². The van der Waals surface area contributed by atoms with Gasteiger partial charge in [-0.1, -0.05) is 35.5 Å². The highest BCUT2D eigenvalue weighted by Gasteiger charge is 2.28. The summed E-state index contributed by atoms with van der Waals surface area (Å²) in [6.45, 7) is 1.15. The number of ether oxygens (including phenoxy) is 1. The summed E-state index contributed by atoms with van der Waals surface area (Å²) in [6.07, 6.45) is 4.85. The number of likely N-dealkylation sites (tertiary alicyclic amines) is 1. The molecule has 0 saturated carbocycles. The maximum atomic E-state index is 12.8. The summed E-state index contributed by atoms with van der Waals surface area (Å²) in [4.78, 5) is 22.6. The fraction of sp³-hybridized carbons (Fsp3) is 0.263. The highest BCUT2D eigenvalue weighted by Crippen LogP contribution is 2.22. The molecule has 0 radical (unpaired) electrons. The van der Waals surface area contributed by atoms with Crippen LogP contribution in [0.5, 0.6) is 6.01 Å². The zero-order valence-corrected chi connectivity index (χ0v) is 14.1. The van der Waals surface area contributed by atoms with Crippen molar-refractivity contribution in [3.05, 3.63) is 60.6 Å². The molecule has 26 heavy (non-hydrogen) atoms. The number of hydrogen-bond donors (Lipinski definition) is 0. The topological polar surface area (TPSA) is 81.4 Å². The minimum Gasteiger partial charge on any atom is -0.458 e. The molecule has 3 heterocycles. The summed E-state index contributed by atoms with van der Waals surface area (Å²) >= 11 is 0. The van der Waals surface area contributed by atoms with Crippen LogP contribution in [-0.4, -0.2) is 45.1 Å². The molecule has 1 amide bonds. The van der Waals surface area contributed by atoms with Crippen molar-refractivity contribution >= 4 is 5.91 Å². The smallest absolute Gasteiger partial charge is 0.316 e. The lowest BCUT2D eigenvalue weighted by Crippen LogP contribution is -2.44. The number of carbonyl (C=O) groups is 1. The van der Waals surface area contributed by atoms with E-state index in [-0.39, 0.29) is 12.0 Å². The summed E-state index contributed by atoms with van der Waals surface area (Å²) < 4.78 is 11.1. The van der Waals surface area contributed by atoms with Crippen molar-refractivity contribution in [1.29, 1.82) is 0 Å². The predicted molar refractivity (Wildman–Crippen MR) is 93.5 cm³/mol. The average molecular weight is 350 g/mol. The van der Waals surface area contributed by atoms with Crippen molar-refractivity contribution in [1.82, 2.24) is 20.0 Å². The number of rotatable bonds is 4. The van der Waals surface area contributed by atoms with Crippen molar-refractivity contribution in [3.8, 4) is 17.3 Å². The zero-order chi connectivity index (χ0) is 17.8. The quantitative estimate of drug-likeness (QED) is 0.720. The first kappa shape index (κ1) is 16.3. The maximum Gasteiger partial charge on any atom is 0.316 e. The largest absolute Gasteiger partial charge is 0.458 e. The molecule has 1 aromatic carbocycles. The first-order valence-electron chi connectivity index (χ1n) is 8.55. The first-order chi connectivity index (χ1) is 12.8. The summed E-state index contributed by atoms with van der Waals surface area (Å²) in [5, 5.41) is 3.95. The third-order valence-corrected chi connectivity index (χ3v) is 4.27. The van der Waals surface area contributed by atoms with Crippen molar-refractivity contribution in [2.45, 2.75) is 18.9 Å². The van der Waals surface area contributed by atoms with Gasteiger partial charge in [-0.25, -0.2) is 9.97 Å². The van der Waals surface area contributed by atoms with Crippen molar-refractivity contribution in [2.24, 2.45) is 0 Å². The van der Waals surface area contributed by atoms with Crippen LogP contribution in [0.1, 0.15) is 23.3 Å². The maximum absolute atomic E-state index is 12.8. The zero-order valence-electron chi connectivity index (χ0n) is 14.1. The van der Waals surface area contributed by atoms with Gasteiger partial charge in [0.05, 0.1) is 6.54 Å². The van der Waals surface area contributed by atoms with Gasteiger partial charge in [-0.05, 0) is 18.9 Å². The fourth-order valence-electron chi connectivity index (χ4n) is 2.99. The van der Waals surface area contributed by atoms with Crippen LogP contribution in [0.15, 0.2) is 59.4 Å². The van der Waals surface area contributed by atoms with Crippen LogP contribution < -0.4 is 4.74 Å². The highest BCUT2D eigenvalue weighted by atomic mass is 16.5. The van der Waals surface area contributed by atoms with Crippen molar-refractivity contribution in [2.75, 3.05) is 13.1 Å². The van der Waals surface area contributed by atoms with Gasteiger partial charge in [0.1, 0.15) is 6.10 Å². The Bertz CT molecular complexity index is 867. The summed E-state index contributed by atoms with van der Waals surface area (Å²) in [5.41, 5.74) is 1.19. The molecule has 132 valence electrons. The summed E-state index contributed by atoms with van der Waals surface area (Å²) in [7, 11) is 0. The lowest BCUT2D eigenvalue weighted by atomic mass is 10.1. The van der Waals surface area contributed by atoms with E-state index in [4.69, 9.17) is 9.26 Å². The third kappa shape index (κ3) is 3.56. The molecule has 7 nitrogen and oxygen atoms in total. The predicted octanol–water partition coefficient (Wildman–Crippen LogP) is 2.82. The minimum absolute atomic E-state index is 0.129. The molecule has 1 saturated heterocycles. The number of benzene rings is 1. The van der Waals surface area contributed by atoms with Gasteiger partial charge in [-0.15, -0.1) is 0 Å². The molecular formula is C19H18N4O3. The summed E-state index contributed by atoms with van der Waals surface area (Å²) in [6, 6.07) is 13.3. The Morgan fingerprint density at radius 1 is 1.15 bits per heavy atom. The van der Waals surface area contributed by atoms with Crippen LogP contribution in [-0.2, 0) is 0 Å². The molecule has 0 aliphatic carbocycles. The molecular weight excluding hydrogens is 332 g/mol. The van der Waals surface area contributed by atoms with E-state index in [0.717, 1.165) is 18.4 Å².